The molecule has 1 rings (SSSR count). The number of benzene rings is 1. The molecule has 70 valence electrons. The Bertz CT molecular complexity index is 241. The van der Waals surface area contributed by atoms with Gasteiger partial charge in [0.05, 0.1) is 0 Å². The van der Waals surface area contributed by atoms with E-state index in [1.807, 2.05) is 24.3 Å². The summed E-state index contributed by atoms with van der Waals surface area (Å²) in [6.45, 7) is 5.90. The number of hydrogen-bond donors (Lipinski definition) is 1. The molecular formula is C12H17N. The van der Waals surface area contributed by atoms with Gasteiger partial charge in [-0.25, -0.2) is 0 Å². The van der Waals surface area contributed by atoms with Crippen LogP contribution in [0.1, 0.15) is 19.8 Å². The number of rotatable bonds is 5. The molecule has 1 aromatic carbocycles. The van der Waals surface area contributed by atoms with Crippen LogP contribution in [-0.2, 0) is 0 Å². The number of para-hydroxylation sites is 1. The Hall–Kier alpha value is -1.24. The highest BCUT2D eigenvalue weighted by molar-refractivity contribution is 5.43. The van der Waals surface area contributed by atoms with E-state index in [-0.39, 0.29) is 0 Å². The van der Waals surface area contributed by atoms with Crippen molar-refractivity contribution in [1.29, 1.82) is 0 Å². The first-order valence-electron chi connectivity index (χ1n) is 4.75. The Morgan fingerprint density at radius 2 is 2.08 bits per heavy atom. The Kier molecular flexibility index (Phi) is 4.10. The Morgan fingerprint density at radius 1 is 1.38 bits per heavy atom. The molecule has 0 aliphatic heterocycles. The Labute approximate surface area is 80.5 Å². The summed E-state index contributed by atoms with van der Waals surface area (Å²) >= 11 is 0. The summed E-state index contributed by atoms with van der Waals surface area (Å²) in [7, 11) is 0. The summed E-state index contributed by atoms with van der Waals surface area (Å²) in [5, 5.41) is 3.43. The third kappa shape index (κ3) is 3.79. The van der Waals surface area contributed by atoms with Crippen molar-refractivity contribution in [3.63, 3.8) is 0 Å². The fourth-order valence-corrected chi connectivity index (χ4v) is 1.26. The van der Waals surface area contributed by atoms with Crippen LogP contribution in [0, 0.1) is 0 Å². The lowest BCUT2D eigenvalue weighted by molar-refractivity contribution is 0.719. The van der Waals surface area contributed by atoms with Gasteiger partial charge in [0.25, 0.3) is 0 Å². The first kappa shape index (κ1) is 9.85. The van der Waals surface area contributed by atoms with E-state index in [0.717, 1.165) is 12.8 Å². The van der Waals surface area contributed by atoms with Crippen molar-refractivity contribution in [2.24, 2.45) is 0 Å². The summed E-state index contributed by atoms with van der Waals surface area (Å²) in [4.78, 5) is 0. The number of hydrogen-bond acceptors (Lipinski definition) is 1. The van der Waals surface area contributed by atoms with Crippen LogP contribution in [0.4, 0.5) is 5.69 Å². The monoisotopic (exact) mass is 175 g/mol. The summed E-state index contributed by atoms with van der Waals surface area (Å²) in [5.74, 6) is 0. The fraction of sp³-hybridized carbons (Fsp3) is 0.333. The molecule has 0 aromatic heterocycles. The molecule has 0 bridgehead atoms. The maximum Gasteiger partial charge on any atom is 0.0342 e. The number of allylic oxidation sites excluding steroid dienone is 1. The summed E-state index contributed by atoms with van der Waals surface area (Å²) in [6, 6.07) is 10.8. The molecule has 0 aliphatic carbocycles. The van der Waals surface area contributed by atoms with Crippen LogP contribution >= 0.6 is 0 Å². The van der Waals surface area contributed by atoms with Gasteiger partial charge < -0.3 is 5.32 Å². The molecule has 1 atom stereocenters. The van der Waals surface area contributed by atoms with Crippen LogP contribution in [0.3, 0.4) is 0 Å². The van der Waals surface area contributed by atoms with Crippen molar-refractivity contribution in [1.82, 2.24) is 0 Å². The molecule has 0 radical (unpaired) electrons. The third-order valence-corrected chi connectivity index (χ3v) is 1.99. The second-order valence-corrected chi connectivity index (χ2v) is 3.28. The lowest BCUT2D eigenvalue weighted by atomic mass is 10.1. The lowest BCUT2D eigenvalue weighted by Gasteiger charge is -2.13. The molecule has 0 aliphatic rings. The highest BCUT2D eigenvalue weighted by Gasteiger charge is 1.98. The topological polar surface area (TPSA) is 12.0 Å². The molecule has 1 N–H and O–H groups in total. The molecule has 1 heteroatoms. The summed E-state index contributed by atoms with van der Waals surface area (Å²) < 4.78 is 0. The smallest absolute Gasteiger partial charge is 0.0342 e. The summed E-state index contributed by atoms with van der Waals surface area (Å²) in [6.07, 6.45) is 4.17. The average molecular weight is 175 g/mol. The van der Waals surface area contributed by atoms with Crippen molar-refractivity contribution in [2.45, 2.75) is 25.8 Å². The van der Waals surface area contributed by atoms with Crippen molar-refractivity contribution >= 4 is 5.69 Å². The quantitative estimate of drug-likeness (QED) is 0.676. The predicted octanol–water partition coefficient (Wildman–Crippen LogP) is 3.45. The summed E-state index contributed by atoms with van der Waals surface area (Å²) in [5.41, 5.74) is 1.19. The number of nitrogens with one attached hydrogen (secondary N) is 1. The van der Waals surface area contributed by atoms with Gasteiger partial charge in [0.15, 0.2) is 0 Å². The first-order chi connectivity index (χ1) is 6.33. The molecule has 0 saturated carbocycles. The molecular weight excluding hydrogens is 158 g/mol. The van der Waals surface area contributed by atoms with Gasteiger partial charge in [0, 0.05) is 11.7 Å². The van der Waals surface area contributed by atoms with Gasteiger partial charge in [0.1, 0.15) is 0 Å². The van der Waals surface area contributed by atoms with Crippen LogP contribution in [0.5, 0.6) is 0 Å². The molecule has 0 heterocycles. The largest absolute Gasteiger partial charge is 0.383 e. The van der Waals surface area contributed by atoms with Crippen LogP contribution < -0.4 is 5.32 Å². The maximum absolute atomic E-state index is 3.71. The molecule has 13 heavy (non-hydrogen) atoms. The van der Waals surface area contributed by atoms with Crippen LogP contribution in [0.2, 0.25) is 0 Å². The van der Waals surface area contributed by atoms with Gasteiger partial charge in [0.2, 0.25) is 0 Å². The van der Waals surface area contributed by atoms with Gasteiger partial charge in [-0.05, 0) is 31.9 Å². The zero-order valence-electron chi connectivity index (χ0n) is 8.16. The Morgan fingerprint density at radius 3 is 2.69 bits per heavy atom. The van der Waals surface area contributed by atoms with E-state index >= 15 is 0 Å². The maximum atomic E-state index is 3.71. The SMILES string of the molecule is C=CCCC(C)Nc1ccccc1. The van der Waals surface area contributed by atoms with Gasteiger partial charge in [-0.1, -0.05) is 24.3 Å². The normalized spacial score (nSPS) is 12.1. The highest BCUT2D eigenvalue weighted by atomic mass is 14.9. The molecule has 1 aromatic rings. The second kappa shape index (κ2) is 5.41. The average Bonchev–Trinajstić information content (AvgIpc) is 2.16. The molecule has 0 saturated heterocycles. The van der Waals surface area contributed by atoms with Crippen LogP contribution in [0.15, 0.2) is 43.0 Å². The van der Waals surface area contributed by atoms with Gasteiger partial charge in [-0.3, -0.25) is 0 Å². The fourth-order valence-electron chi connectivity index (χ4n) is 1.26. The minimum absolute atomic E-state index is 0.514. The van der Waals surface area contributed by atoms with Crippen molar-refractivity contribution in [3.05, 3.63) is 43.0 Å². The van der Waals surface area contributed by atoms with Gasteiger partial charge >= 0.3 is 0 Å². The number of anilines is 1. The molecule has 1 unspecified atom stereocenters. The third-order valence-electron chi connectivity index (χ3n) is 1.99. The van der Waals surface area contributed by atoms with E-state index in [1.54, 1.807) is 0 Å². The van der Waals surface area contributed by atoms with Gasteiger partial charge in [-0.2, -0.15) is 0 Å². The zero-order valence-corrected chi connectivity index (χ0v) is 8.16. The first-order valence-corrected chi connectivity index (χ1v) is 4.75. The second-order valence-electron chi connectivity index (χ2n) is 3.28. The minimum atomic E-state index is 0.514. The van der Waals surface area contributed by atoms with Crippen LogP contribution in [0.25, 0.3) is 0 Å². The zero-order chi connectivity index (χ0) is 9.52. The van der Waals surface area contributed by atoms with E-state index < -0.39 is 0 Å². The van der Waals surface area contributed by atoms with Gasteiger partial charge in [-0.15, -0.1) is 6.58 Å². The van der Waals surface area contributed by atoms with E-state index in [4.69, 9.17) is 0 Å². The molecule has 1 nitrogen and oxygen atoms in total. The lowest BCUT2D eigenvalue weighted by Crippen LogP contribution is -2.14. The van der Waals surface area contributed by atoms with Crippen molar-refractivity contribution < 1.29 is 0 Å². The molecule has 0 fully saturated rings. The minimum Gasteiger partial charge on any atom is -0.383 e. The van der Waals surface area contributed by atoms with Crippen molar-refractivity contribution in [3.8, 4) is 0 Å². The van der Waals surface area contributed by atoms with Crippen molar-refractivity contribution in [2.75, 3.05) is 5.32 Å². The van der Waals surface area contributed by atoms with E-state index in [0.29, 0.717) is 6.04 Å². The standard InChI is InChI=1S/C12H17N/c1-3-4-8-11(2)13-12-9-6-5-7-10-12/h3,5-7,9-11,13H,1,4,8H2,2H3. The van der Waals surface area contributed by atoms with Crippen LogP contribution in [-0.4, -0.2) is 6.04 Å². The Balaban J connectivity index is 2.36. The van der Waals surface area contributed by atoms with E-state index in [1.165, 1.54) is 5.69 Å². The predicted molar refractivity (Wildman–Crippen MR) is 59.0 cm³/mol. The highest BCUT2D eigenvalue weighted by Crippen LogP contribution is 2.09. The molecule has 0 amide bonds. The molecule has 0 spiro atoms. The van der Waals surface area contributed by atoms with E-state index in [2.05, 4.69) is 31.0 Å². The van der Waals surface area contributed by atoms with E-state index in [9.17, 15) is 0 Å².